The fourth-order valence-corrected chi connectivity index (χ4v) is 4.51. The zero-order valence-corrected chi connectivity index (χ0v) is 18.6. The van der Waals surface area contributed by atoms with Crippen LogP contribution in [-0.2, 0) is 9.53 Å². The molecule has 138 valence electrons. The predicted octanol–water partition coefficient (Wildman–Crippen LogP) is 5.86. The third-order valence-electron chi connectivity index (χ3n) is 5.41. The Morgan fingerprint density at radius 3 is 2.12 bits per heavy atom. The van der Waals surface area contributed by atoms with Gasteiger partial charge in [0.15, 0.2) is 8.29 Å². The number of aromatic amines is 1. The molecule has 4 nitrogen and oxygen atoms in total. The largest absolute Gasteiger partial charge is 0.458 e. The average Bonchev–Trinajstić information content (AvgIpc) is 2.81. The molecule has 0 aliphatic rings. The molecule has 0 aromatic carbocycles. The number of rotatable bonds is 6. The van der Waals surface area contributed by atoms with Gasteiger partial charge >= 0.3 is 5.97 Å². The molecule has 1 atom stereocenters. The van der Waals surface area contributed by atoms with Gasteiger partial charge in [0.25, 0.3) is 0 Å². The highest BCUT2D eigenvalue weighted by molar-refractivity contribution is 8.02. The summed E-state index contributed by atoms with van der Waals surface area (Å²) in [7, 11) is 0. The second-order valence-corrected chi connectivity index (χ2v) is 11.8. The number of carbonyl (C=O) groups is 1. The molecule has 0 bridgehead atoms. The molecule has 1 N–H and O–H groups in total. The Bertz CT molecular complexity index is 641. The minimum Gasteiger partial charge on any atom is -0.458 e. The second-order valence-electron chi connectivity index (χ2n) is 8.34. The summed E-state index contributed by atoms with van der Waals surface area (Å²) < 4.78 is 7.25. The number of carbonyl (C=O) groups excluding carboxylic acids is 1. The molecular weight excluding hydrogens is 360 g/mol. The van der Waals surface area contributed by atoms with Gasteiger partial charge in [-0.1, -0.05) is 50.8 Å². The molecule has 0 aliphatic heterocycles. The molecule has 0 amide bonds. The van der Waals surface area contributed by atoms with Gasteiger partial charge in [-0.15, -0.1) is 0 Å². The first-order valence-electron chi connectivity index (χ1n) is 8.14. The van der Waals surface area contributed by atoms with Crippen molar-refractivity contribution in [2.24, 2.45) is 10.8 Å². The molecule has 0 spiro atoms. The smallest absolute Gasteiger partial charge is 0.312 e. The third-order valence-corrected chi connectivity index (χ3v) is 8.29. The number of aromatic nitrogens is 2. The normalized spacial score (nSPS) is 15.9. The third kappa shape index (κ3) is 4.41. The molecule has 1 heterocycles. The minimum atomic E-state index is -0.653. The predicted molar refractivity (Wildman–Crippen MR) is 105 cm³/mol. The van der Waals surface area contributed by atoms with E-state index in [4.69, 9.17) is 17.0 Å². The SMILES string of the molecule is CCC(C)(Sc1n[nH]c(=S)s1)C(C)(C)OC(=O)C(C)(C)C(C)(C)C. The number of nitrogens with zero attached hydrogens (tertiary/aromatic N) is 1. The number of ether oxygens (including phenoxy) is 1. The Labute approximate surface area is 159 Å². The van der Waals surface area contributed by atoms with E-state index >= 15 is 0 Å². The lowest BCUT2D eigenvalue weighted by molar-refractivity contribution is -0.176. The second kappa shape index (κ2) is 7.08. The summed E-state index contributed by atoms with van der Waals surface area (Å²) in [6, 6.07) is 0. The standard InChI is InChI=1S/C17H30N2O2S3/c1-10-17(9,24-13-19-18-12(22)23-13)16(7,8)21-11(20)15(5,6)14(2,3)4/h10H2,1-9H3,(H,18,22). The van der Waals surface area contributed by atoms with Crippen molar-refractivity contribution in [3.63, 3.8) is 0 Å². The van der Waals surface area contributed by atoms with Gasteiger partial charge in [-0.3, -0.25) is 9.89 Å². The van der Waals surface area contributed by atoms with Crippen LogP contribution < -0.4 is 0 Å². The number of hydrogen-bond donors (Lipinski definition) is 1. The molecular formula is C17H30N2O2S3. The van der Waals surface area contributed by atoms with Crippen LogP contribution in [0.4, 0.5) is 0 Å². The van der Waals surface area contributed by atoms with Crippen LogP contribution in [-0.4, -0.2) is 26.5 Å². The highest BCUT2D eigenvalue weighted by Crippen LogP contribution is 2.47. The minimum absolute atomic E-state index is 0.171. The Morgan fingerprint density at radius 1 is 1.21 bits per heavy atom. The van der Waals surface area contributed by atoms with Gasteiger partial charge in [0, 0.05) is 0 Å². The molecule has 1 unspecified atom stereocenters. The summed E-state index contributed by atoms with van der Waals surface area (Å²) in [5, 5.41) is 7.05. The van der Waals surface area contributed by atoms with Crippen LogP contribution in [0.2, 0.25) is 0 Å². The van der Waals surface area contributed by atoms with E-state index in [0.29, 0.717) is 3.95 Å². The molecule has 7 heteroatoms. The number of H-pyrrole nitrogens is 1. The van der Waals surface area contributed by atoms with Crippen molar-refractivity contribution in [3.05, 3.63) is 3.95 Å². The summed E-state index contributed by atoms with van der Waals surface area (Å²) in [6.45, 7) is 18.2. The Kier molecular flexibility index (Phi) is 6.38. The molecule has 0 fully saturated rings. The van der Waals surface area contributed by atoms with E-state index < -0.39 is 11.0 Å². The summed E-state index contributed by atoms with van der Waals surface area (Å²) in [5.41, 5.74) is -1.41. The van der Waals surface area contributed by atoms with Crippen LogP contribution in [0.5, 0.6) is 0 Å². The van der Waals surface area contributed by atoms with Crippen molar-refractivity contribution >= 4 is 41.3 Å². The highest BCUT2D eigenvalue weighted by Gasteiger charge is 2.49. The van der Waals surface area contributed by atoms with Crippen LogP contribution in [0.3, 0.4) is 0 Å². The van der Waals surface area contributed by atoms with Gasteiger partial charge in [0.2, 0.25) is 0 Å². The fraction of sp³-hybridized carbons (Fsp3) is 0.824. The maximum atomic E-state index is 12.9. The van der Waals surface area contributed by atoms with E-state index in [2.05, 4.69) is 44.8 Å². The van der Waals surface area contributed by atoms with E-state index in [1.54, 1.807) is 11.8 Å². The van der Waals surface area contributed by atoms with Crippen molar-refractivity contribution in [2.75, 3.05) is 0 Å². The van der Waals surface area contributed by atoms with Crippen molar-refractivity contribution in [1.29, 1.82) is 0 Å². The molecule has 0 aliphatic carbocycles. The molecule has 24 heavy (non-hydrogen) atoms. The topological polar surface area (TPSA) is 55.0 Å². The first-order chi connectivity index (χ1) is 10.7. The number of esters is 1. The molecule has 0 radical (unpaired) electrons. The van der Waals surface area contributed by atoms with E-state index in [1.165, 1.54) is 11.3 Å². The summed E-state index contributed by atoms with van der Waals surface area (Å²) in [4.78, 5) is 12.9. The lowest BCUT2D eigenvalue weighted by Crippen LogP contribution is -2.51. The number of thioether (sulfide) groups is 1. The maximum Gasteiger partial charge on any atom is 0.312 e. The van der Waals surface area contributed by atoms with Crippen molar-refractivity contribution in [2.45, 2.75) is 83.4 Å². The Balaban J connectivity index is 3.06. The molecule has 0 saturated heterocycles. The van der Waals surface area contributed by atoms with Crippen LogP contribution in [0.15, 0.2) is 4.34 Å². The van der Waals surface area contributed by atoms with Crippen molar-refractivity contribution < 1.29 is 9.53 Å². The van der Waals surface area contributed by atoms with Gasteiger partial charge in [-0.05, 0) is 58.7 Å². The quantitative estimate of drug-likeness (QED) is 0.375. The van der Waals surface area contributed by atoms with Crippen LogP contribution in [0.25, 0.3) is 0 Å². The zero-order chi connectivity index (χ0) is 19.0. The molecule has 1 rings (SSSR count). The van der Waals surface area contributed by atoms with E-state index in [0.717, 1.165) is 10.8 Å². The summed E-state index contributed by atoms with van der Waals surface area (Å²) in [5.74, 6) is -0.171. The van der Waals surface area contributed by atoms with E-state index in [-0.39, 0.29) is 16.1 Å². The zero-order valence-electron chi connectivity index (χ0n) is 16.2. The molecule has 1 aromatic rings. The fourth-order valence-electron chi connectivity index (χ4n) is 1.85. The van der Waals surface area contributed by atoms with Crippen LogP contribution in [0.1, 0.15) is 68.7 Å². The van der Waals surface area contributed by atoms with Gasteiger partial charge in [-0.2, -0.15) is 5.10 Å². The van der Waals surface area contributed by atoms with Crippen LogP contribution in [0, 0.1) is 14.8 Å². The van der Waals surface area contributed by atoms with Crippen molar-refractivity contribution in [1.82, 2.24) is 10.2 Å². The lowest BCUT2D eigenvalue weighted by Gasteiger charge is -2.45. The van der Waals surface area contributed by atoms with E-state index in [9.17, 15) is 4.79 Å². The lowest BCUT2D eigenvalue weighted by atomic mass is 9.69. The van der Waals surface area contributed by atoms with E-state index in [1.807, 2.05) is 27.7 Å². The summed E-state index contributed by atoms with van der Waals surface area (Å²) >= 11 is 8.17. The highest BCUT2D eigenvalue weighted by atomic mass is 32.2. The van der Waals surface area contributed by atoms with Crippen molar-refractivity contribution in [3.8, 4) is 0 Å². The number of hydrogen-bond acceptors (Lipinski definition) is 6. The van der Waals surface area contributed by atoms with Crippen LogP contribution >= 0.6 is 35.3 Å². The van der Waals surface area contributed by atoms with Gasteiger partial charge in [0.1, 0.15) is 5.60 Å². The first kappa shape index (κ1) is 21.6. The van der Waals surface area contributed by atoms with Gasteiger partial charge in [0.05, 0.1) is 10.2 Å². The summed E-state index contributed by atoms with van der Waals surface area (Å²) in [6.07, 6.45) is 0.834. The van der Waals surface area contributed by atoms with Gasteiger partial charge in [-0.25, -0.2) is 0 Å². The number of nitrogens with one attached hydrogen (secondary N) is 1. The molecule has 1 aromatic heterocycles. The Hall–Kier alpha value is -0.400. The maximum absolute atomic E-state index is 12.9. The monoisotopic (exact) mass is 390 g/mol. The molecule has 0 saturated carbocycles. The Morgan fingerprint density at radius 2 is 1.75 bits per heavy atom. The van der Waals surface area contributed by atoms with Gasteiger partial charge < -0.3 is 4.74 Å². The first-order valence-corrected chi connectivity index (χ1v) is 10.2. The average molecular weight is 391 g/mol.